The summed E-state index contributed by atoms with van der Waals surface area (Å²) in [7, 11) is 5.53. The molecular formula is C20H30NO4+. The van der Waals surface area contributed by atoms with Crippen LogP contribution in [0, 0.1) is 5.92 Å². The van der Waals surface area contributed by atoms with Crippen molar-refractivity contribution in [1.82, 2.24) is 0 Å². The molecule has 0 N–H and O–H groups in total. The van der Waals surface area contributed by atoms with Crippen molar-refractivity contribution in [3.05, 3.63) is 23.8 Å². The van der Waals surface area contributed by atoms with Gasteiger partial charge in [-0.3, -0.25) is 0 Å². The summed E-state index contributed by atoms with van der Waals surface area (Å²) in [4.78, 5) is 12.6. The van der Waals surface area contributed by atoms with Crippen molar-refractivity contribution in [3.8, 4) is 11.5 Å². The van der Waals surface area contributed by atoms with Crippen LogP contribution in [0.2, 0.25) is 0 Å². The third-order valence-corrected chi connectivity index (χ3v) is 6.06. The zero-order chi connectivity index (χ0) is 17.9. The van der Waals surface area contributed by atoms with E-state index in [1.165, 1.54) is 38.8 Å². The zero-order valence-electron chi connectivity index (χ0n) is 15.6. The van der Waals surface area contributed by atoms with Gasteiger partial charge in [0.05, 0.1) is 40.4 Å². The number of esters is 1. The van der Waals surface area contributed by atoms with Gasteiger partial charge in [-0.2, -0.15) is 0 Å². The van der Waals surface area contributed by atoms with Crippen LogP contribution in [0.4, 0.5) is 0 Å². The summed E-state index contributed by atoms with van der Waals surface area (Å²) >= 11 is 0. The number of nitrogens with zero attached hydrogens (tertiary/aromatic N) is 1. The molecule has 25 heavy (non-hydrogen) atoms. The smallest absolute Gasteiger partial charge is 0.341 e. The number of carbonyl (C=O) groups is 1. The van der Waals surface area contributed by atoms with E-state index >= 15 is 0 Å². The highest BCUT2D eigenvalue weighted by Gasteiger charge is 2.43. The minimum atomic E-state index is -0.310. The van der Waals surface area contributed by atoms with E-state index in [2.05, 4.69) is 7.05 Å². The molecule has 2 unspecified atom stereocenters. The summed E-state index contributed by atoms with van der Waals surface area (Å²) in [6.07, 6.45) is 6.26. The van der Waals surface area contributed by atoms with Crippen molar-refractivity contribution in [2.75, 3.05) is 41.0 Å². The lowest BCUT2D eigenvalue weighted by atomic mass is 9.82. The van der Waals surface area contributed by atoms with Gasteiger partial charge in [-0.25, -0.2) is 4.79 Å². The van der Waals surface area contributed by atoms with Crippen molar-refractivity contribution in [2.24, 2.45) is 5.92 Å². The van der Waals surface area contributed by atoms with Crippen LogP contribution < -0.4 is 9.47 Å². The lowest BCUT2D eigenvalue weighted by Gasteiger charge is -2.51. The van der Waals surface area contributed by atoms with Crippen LogP contribution in [-0.2, 0) is 4.74 Å². The summed E-state index contributed by atoms with van der Waals surface area (Å²) in [5.74, 6) is 1.31. The van der Waals surface area contributed by atoms with Crippen molar-refractivity contribution >= 4 is 5.97 Å². The minimum absolute atomic E-state index is 0.310. The maximum Gasteiger partial charge on any atom is 0.341 e. The maximum atomic E-state index is 12.6. The number of methoxy groups -OCH3 is 2. The molecule has 2 saturated heterocycles. The second kappa shape index (κ2) is 7.65. The fourth-order valence-corrected chi connectivity index (χ4v) is 4.66. The van der Waals surface area contributed by atoms with Gasteiger partial charge < -0.3 is 18.7 Å². The Labute approximate surface area is 150 Å². The van der Waals surface area contributed by atoms with E-state index in [4.69, 9.17) is 14.2 Å². The van der Waals surface area contributed by atoms with Gasteiger partial charge in [-0.1, -0.05) is 0 Å². The van der Waals surface area contributed by atoms with Gasteiger partial charge in [-0.05, 0) is 37.8 Å². The third kappa shape index (κ3) is 3.76. The molecule has 138 valence electrons. The van der Waals surface area contributed by atoms with Gasteiger partial charge in [-0.15, -0.1) is 0 Å². The van der Waals surface area contributed by atoms with E-state index < -0.39 is 0 Å². The number of quaternary nitrogens is 1. The normalized spacial score (nSPS) is 28.8. The van der Waals surface area contributed by atoms with Crippen molar-refractivity contribution < 1.29 is 23.5 Å². The zero-order valence-corrected chi connectivity index (χ0v) is 15.6. The average Bonchev–Trinajstić information content (AvgIpc) is 2.64. The Kier molecular flexibility index (Phi) is 5.52. The molecule has 0 saturated carbocycles. The molecule has 2 aliphatic heterocycles. The van der Waals surface area contributed by atoms with Crippen LogP contribution >= 0.6 is 0 Å². The first kappa shape index (κ1) is 18.1. The highest BCUT2D eigenvalue weighted by Crippen LogP contribution is 2.36. The van der Waals surface area contributed by atoms with Crippen LogP contribution in [0.5, 0.6) is 11.5 Å². The standard InChI is InChI=1S/C20H30NO4/c1-21-11-5-4-8-18(21)15(7-6-12-21)14-25-20(22)17-10-9-16(23-2)13-19(17)24-3/h9-10,13,15,18H,4-8,11-12,14H2,1-3H3/q+1/t15-,18?,21?/m0/s1. The average molecular weight is 348 g/mol. The fourth-order valence-electron chi connectivity index (χ4n) is 4.66. The van der Waals surface area contributed by atoms with E-state index in [1.807, 2.05) is 0 Å². The first-order valence-corrected chi connectivity index (χ1v) is 9.31. The second-order valence-electron chi connectivity index (χ2n) is 7.56. The molecule has 1 aromatic carbocycles. The largest absolute Gasteiger partial charge is 0.497 e. The fraction of sp³-hybridized carbons (Fsp3) is 0.650. The Balaban J connectivity index is 1.66. The molecule has 2 fully saturated rings. The quantitative estimate of drug-likeness (QED) is 0.605. The number of ether oxygens (including phenoxy) is 3. The molecule has 3 atom stereocenters. The van der Waals surface area contributed by atoms with Crippen LogP contribution in [0.3, 0.4) is 0 Å². The van der Waals surface area contributed by atoms with Crippen LogP contribution in [0.15, 0.2) is 18.2 Å². The van der Waals surface area contributed by atoms with Crippen LogP contribution in [-0.4, -0.2) is 57.5 Å². The molecule has 2 heterocycles. The topological polar surface area (TPSA) is 44.8 Å². The molecule has 0 aliphatic carbocycles. The number of carbonyl (C=O) groups excluding carboxylic acids is 1. The molecular weight excluding hydrogens is 318 g/mol. The maximum absolute atomic E-state index is 12.6. The molecule has 0 aromatic heterocycles. The van der Waals surface area contributed by atoms with Crippen molar-refractivity contribution in [3.63, 3.8) is 0 Å². The number of fused-ring (bicyclic) bond motifs is 1. The number of hydrogen-bond acceptors (Lipinski definition) is 4. The Hall–Kier alpha value is -1.75. The van der Waals surface area contributed by atoms with Gasteiger partial charge in [0.1, 0.15) is 23.7 Å². The molecule has 1 aromatic rings. The Morgan fingerprint density at radius 3 is 2.68 bits per heavy atom. The molecule has 0 radical (unpaired) electrons. The third-order valence-electron chi connectivity index (χ3n) is 6.06. The monoisotopic (exact) mass is 348 g/mol. The summed E-state index contributed by atoms with van der Waals surface area (Å²) < 4.78 is 17.4. The highest BCUT2D eigenvalue weighted by atomic mass is 16.5. The predicted octanol–water partition coefficient (Wildman–Crippen LogP) is 3.27. The number of hydrogen-bond donors (Lipinski definition) is 0. The van der Waals surface area contributed by atoms with E-state index in [0.29, 0.717) is 35.6 Å². The molecule has 5 heteroatoms. The molecule has 5 nitrogen and oxygen atoms in total. The Morgan fingerprint density at radius 2 is 1.92 bits per heavy atom. The summed E-state index contributed by atoms with van der Waals surface area (Å²) in [6, 6.07) is 5.82. The first-order chi connectivity index (χ1) is 12.1. The van der Waals surface area contributed by atoms with Gasteiger partial charge >= 0.3 is 5.97 Å². The second-order valence-corrected chi connectivity index (χ2v) is 7.56. The van der Waals surface area contributed by atoms with E-state index in [1.54, 1.807) is 32.4 Å². The van der Waals surface area contributed by atoms with Crippen molar-refractivity contribution in [2.45, 2.75) is 38.1 Å². The minimum Gasteiger partial charge on any atom is -0.497 e. The van der Waals surface area contributed by atoms with Gasteiger partial charge in [0.25, 0.3) is 0 Å². The van der Waals surface area contributed by atoms with Gasteiger partial charge in [0.15, 0.2) is 0 Å². The Morgan fingerprint density at radius 1 is 1.12 bits per heavy atom. The molecule has 3 rings (SSSR count). The lowest BCUT2D eigenvalue weighted by molar-refractivity contribution is -0.947. The van der Waals surface area contributed by atoms with E-state index in [-0.39, 0.29) is 5.97 Å². The number of rotatable bonds is 5. The SMILES string of the molecule is COc1ccc(C(=O)OC[C@@H]2CCC[N+]3(C)CCCCC23)c(OC)c1. The summed E-state index contributed by atoms with van der Waals surface area (Å²) in [5, 5.41) is 0. The van der Waals surface area contributed by atoms with E-state index in [0.717, 1.165) is 10.9 Å². The van der Waals surface area contributed by atoms with Crippen molar-refractivity contribution in [1.29, 1.82) is 0 Å². The first-order valence-electron chi connectivity index (χ1n) is 9.31. The van der Waals surface area contributed by atoms with Gasteiger partial charge in [0.2, 0.25) is 0 Å². The molecule has 0 spiro atoms. The predicted molar refractivity (Wildman–Crippen MR) is 96.1 cm³/mol. The Bertz CT molecular complexity index is 614. The highest BCUT2D eigenvalue weighted by molar-refractivity contribution is 5.92. The lowest BCUT2D eigenvalue weighted by Crippen LogP contribution is -2.61. The van der Waals surface area contributed by atoms with Gasteiger partial charge in [0, 0.05) is 18.4 Å². The summed E-state index contributed by atoms with van der Waals surface area (Å²) in [6.45, 7) is 3.04. The number of piperidine rings is 2. The number of benzene rings is 1. The molecule has 2 aliphatic rings. The molecule has 0 amide bonds. The summed E-state index contributed by atoms with van der Waals surface area (Å²) in [5.41, 5.74) is 0.458. The molecule has 0 bridgehead atoms. The van der Waals surface area contributed by atoms with Crippen LogP contribution in [0.1, 0.15) is 42.5 Å². The van der Waals surface area contributed by atoms with E-state index in [9.17, 15) is 4.79 Å². The van der Waals surface area contributed by atoms with Crippen LogP contribution in [0.25, 0.3) is 0 Å².